The SMILES string of the molecule is Nc1ccccc1C(=O)c1ccc(CNC(=O)OCN2C=CC=NC2)cc1. The molecule has 0 saturated heterocycles. The van der Waals surface area contributed by atoms with E-state index in [9.17, 15) is 9.59 Å². The normalized spacial score (nSPS) is 12.7. The highest BCUT2D eigenvalue weighted by Crippen LogP contribution is 2.16. The number of amides is 1. The number of hydrogen-bond acceptors (Lipinski definition) is 6. The molecular weight excluding hydrogens is 344 g/mol. The number of benzene rings is 2. The third kappa shape index (κ3) is 4.94. The Morgan fingerprint density at radius 1 is 1.15 bits per heavy atom. The molecule has 7 heteroatoms. The van der Waals surface area contributed by atoms with Crippen LogP contribution in [0.2, 0.25) is 0 Å². The van der Waals surface area contributed by atoms with E-state index in [0.29, 0.717) is 30.0 Å². The molecule has 138 valence electrons. The number of nitrogen functional groups attached to an aromatic ring is 1. The van der Waals surface area contributed by atoms with Crippen molar-refractivity contribution in [2.75, 3.05) is 19.1 Å². The number of aliphatic imine (C=N–C) groups is 1. The zero-order valence-corrected chi connectivity index (χ0v) is 14.7. The second-order valence-corrected chi connectivity index (χ2v) is 5.93. The summed E-state index contributed by atoms with van der Waals surface area (Å²) in [4.78, 5) is 30.1. The summed E-state index contributed by atoms with van der Waals surface area (Å²) in [5, 5.41) is 2.67. The Kier molecular flexibility index (Phi) is 5.84. The van der Waals surface area contributed by atoms with Crippen LogP contribution in [0.4, 0.5) is 10.5 Å². The van der Waals surface area contributed by atoms with Gasteiger partial charge in [-0.25, -0.2) is 4.79 Å². The fourth-order valence-electron chi connectivity index (χ4n) is 2.50. The molecule has 0 spiro atoms. The Morgan fingerprint density at radius 3 is 2.63 bits per heavy atom. The molecule has 0 aliphatic carbocycles. The molecule has 27 heavy (non-hydrogen) atoms. The van der Waals surface area contributed by atoms with Crippen LogP contribution in [0.1, 0.15) is 21.5 Å². The Labute approximate surface area is 157 Å². The molecule has 0 atom stereocenters. The van der Waals surface area contributed by atoms with Crippen LogP contribution in [-0.2, 0) is 11.3 Å². The van der Waals surface area contributed by atoms with Crippen molar-refractivity contribution in [2.45, 2.75) is 6.54 Å². The van der Waals surface area contributed by atoms with Crippen molar-refractivity contribution in [1.82, 2.24) is 10.2 Å². The molecule has 0 radical (unpaired) electrons. The average Bonchev–Trinajstić information content (AvgIpc) is 2.72. The van der Waals surface area contributed by atoms with Crippen molar-refractivity contribution in [3.05, 3.63) is 77.5 Å². The first-order chi connectivity index (χ1) is 13.1. The molecule has 1 aliphatic rings. The van der Waals surface area contributed by atoms with Gasteiger partial charge in [-0.15, -0.1) is 0 Å². The van der Waals surface area contributed by atoms with E-state index in [2.05, 4.69) is 10.3 Å². The fraction of sp³-hybridized carbons (Fsp3) is 0.150. The summed E-state index contributed by atoms with van der Waals surface area (Å²) in [6.07, 6.45) is 4.75. The molecule has 0 bridgehead atoms. The van der Waals surface area contributed by atoms with Gasteiger partial charge in [-0.05, 0) is 23.8 Å². The lowest BCUT2D eigenvalue weighted by molar-refractivity contribution is 0.0935. The number of nitrogens with one attached hydrogen (secondary N) is 1. The summed E-state index contributed by atoms with van der Waals surface area (Å²) in [5.41, 5.74) is 8.17. The number of hydrogen-bond donors (Lipinski definition) is 2. The van der Waals surface area contributed by atoms with Gasteiger partial charge < -0.3 is 20.7 Å². The lowest BCUT2D eigenvalue weighted by Gasteiger charge is -2.19. The molecule has 1 amide bonds. The molecule has 0 fully saturated rings. The third-order valence-electron chi connectivity index (χ3n) is 3.97. The van der Waals surface area contributed by atoms with E-state index in [0.717, 1.165) is 5.56 Å². The molecule has 7 nitrogen and oxygen atoms in total. The zero-order chi connectivity index (χ0) is 19.1. The average molecular weight is 364 g/mol. The monoisotopic (exact) mass is 364 g/mol. The van der Waals surface area contributed by atoms with Crippen LogP contribution < -0.4 is 11.1 Å². The first-order valence-electron chi connectivity index (χ1n) is 8.43. The molecule has 2 aromatic rings. The van der Waals surface area contributed by atoms with E-state index >= 15 is 0 Å². The van der Waals surface area contributed by atoms with Gasteiger partial charge >= 0.3 is 6.09 Å². The summed E-state index contributed by atoms with van der Waals surface area (Å²) in [6, 6.07) is 14.0. The predicted octanol–water partition coefficient (Wildman–Crippen LogP) is 2.54. The molecule has 0 unspecified atom stereocenters. The van der Waals surface area contributed by atoms with Crippen LogP contribution in [-0.4, -0.2) is 36.4 Å². The number of anilines is 1. The number of ether oxygens (including phenoxy) is 1. The Balaban J connectivity index is 1.49. The van der Waals surface area contributed by atoms with Crippen LogP contribution in [0.5, 0.6) is 0 Å². The fourth-order valence-corrected chi connectivity index (χ4v) is 2.50. The van der Waals surface area contributed by atoms with Crippen LogP contribution in [0, 0.1) is 0 Å². The second kappa shape index (κ2) is 8.66. The minimum atomic E-state index is -0.518. The van der Waals surface area contributed by atoms with Crippen LogP contribution >= 0.6 is 0 Å². The molecule has 1 heterocycles. The highest BCUT2D eigenvalue weighted by atomic mass is 16.6. The maximum atomic E-state index is 12.5. The topological polar surface area (TPSA) is 97.0 Å². The lowest BCUT2D eigenvalue weighted by Crippen LogP contribution is -2.30. The van der Waals surface area contributed by atoms with E-state index in [1.54, 1.807) is 71.9 Å². The van der Waals surface area contributed by atoms with Crippen molar-refractivity contribution < 1.29 is 14.3 Å². The summed E-state index contributed by atoms with van der Waals surface area (Å²) in [5.74, 6) is -0.135. The quantitative estimate of drug-likeness (QED) is 0.606. The molecule has 2 aromatic carbocycles. The second-order valence-electron chi connectivity index (χ2n) is 5.93. The molecule has 0 aromatic heterocycles. The van der Waals surface area contributed by atoms with Gasteiger partial charge in [-0.3, -0.25) is 9.79 Å². The van der Waals surface area contributed by atoms with Gasteiger partial charge in [0.25, 0.3) is 0 Å². The molecule has 3 rings (SSSR count). The minimum Gasteiger partial charge on any atom is -0.428 e. The van der Waals surface area contributed by atoms with Gasteiger partial charge in [-0.1, -0.05) is 36.4 Å². The first-order valence-corrected chi connectivity index (χ1v) is 8.43. The van der Waals surface area contributed by atoms with Gasteiger partial charge in [0.05, 0.1) is 0 Å². The number of ketones is 1. The summed E-state index contributed by atoms with van der Waals surface area (Å²) in [6.45, 7) is 0.894. The van der Waals surface area contributed by atoms with Crippen molar-refractivity contribution in [3.63, 3.8) is 0 Å². The third-order valence-corrected chi connectivity index (χ3v) is 3.97. The number of carbonyl (C=O) groups excluding carboxylic acids is 2. The van der Waals surface area contributed by atoms with E-state index < -0.39 is 6.09 Å². The summed E-state index contributed by atoms with van der Waals surface area (Å²) < 4.78 is 5.12. The van der Waals surface area contributed by atoms with Gasteiger partial charge in [0, 0.05) is 35.8 Å². The standard InChI is InChI=1S/C20H20N4O3/c21-18-5-2-1-4-17(18)19(25)16-8-6-15(7-9-16)12-23-20(26)27-14-24-11-3-10-22-13-24/h1-11H,12-14,21H2,(H,23,26). The Bertz CT molecular complexity index is 875. The predicted molar refractivity (Wildman–Crippen MR) is 103 cm³/mol. The number of allylic oxidation sites excluding steroid dienone is 1. The Hall–Kier alpha value is -3.61. The highest BCUT2D eigenvalue weighted by Gasteiger charge is 2.12. The molecule has 1 aliphatic heterocycles. The van der Waals surface area contributed by atoms with Gasteiger partial charge in [0.2, 0.25) is 0 Å². The number of rotatable bonds is 6. The van der Waals surface area contributed by atoms with E-state index in [1.165, 1.54) is 0 Å². The number of carbonyl (C=O) groups is 2. The Morgan fingerprint density at radius 2 is 1.93 bits per heavy atom. The molecule has 3 N–H and O–H groups in total. The largest absolute Gasteiger partial charge is 0.428 e. The van der Waals surface area contributed by atoms with Crippen molar-refractivity contribution in [1.29, 1.82) is 0 Å². The van der Waals surface area contributed by atoms with Crippen LogP contribution in [0.25, 0.3) is 0 Å². The van der Waals surface area contributed by atoms with Gasteiger partial charge in [0.1, 0.15) is 6.67 Å². The number of nitrogens with two attached hydrogens (primary N) is 1. The van der Waals surface area contributed by atoms with Gasteiger partial charge in [-0.2, -0.15) is 0 Å². The van der Waals surface area contributed by atoms with Crippen LogP contribution in [0.15, 0.2) is 65.8 Å². The summed E-state index contributed by atoms with van der Waals surface area (Å²) in [7, 11) is 0. The van der Waals surface area contributed by atoms with Gasteiger partial charge in [0.15, 0.2) is 12.5 Å². The summed E-state index contributed by atoms with van der Waals surface area (Å²) >= 11 is 0. The maximum Gasteiger partial charge on any atom is 0.409 e. The van der Waals surface area contributed by atoms with E-state index in [-0.39, 0.29) is 12.5 Å². The van der Waals surface area contributed by atoms with E-state index in [1.807, 2.05) is 0 Å². The zero-order valence-electron chi connectivity index (χ0n) is 14.7. The number of alkyl carbamates (subject to hydrolysis) is 1. The molecular formula is C20H20N4O3. The lowest BCUT2D eigenvalue weighted by atomic mass is 10.0. The minimum absolute atomic E-state index is 0.131. The maximum absolute atomic E-state index is 12.5. The van der Waals surface area contributed by atoms with Crippen molar-refractivity contribution in [3.8, 4) is 0 Å². The smallest absolute Gasteiger partial charge is 0.409 e. The number of para-hydroxylation sites is 1. The van der Waals surface area contributed by atoms with Crippen LogP contribution in [0.3, 0.4) is 0 Å². The molecule has 0 saturated carbocycles. The number of nitrogens with zero attached hydrogens (tertiary/aromatic N) is 2. The highest BCUT2D eigenvalue weighted by molar-refractivity contribution is 6.12. The van der Waals surface area contributed by atoms with Crippen molar-refractivity contribution in [2.24, 2.45) is 4.99 Å². The van der Waals surface area contributed by atoms with Crippen molar-refractivity contribution >= 4 is 23.8 Å². The first kappa shape index (κ1) is 18.2. The van der Waals surface area contributed by atoms with E-state index in [4.69, 9.17) is 10.5 Å².